The largest absolute Gasteiger partial charge is 0.497 e. The standard InChI is InChI=1S/C13H14BrNO3/c1-3-17-13-12(11(8-14)18-15-13)9-4-6-10(16-2)7-5-9/h4-7H,3,8H2,1-2H3. The molecule has 18 heavy (non-hydrogen) atoms. The summed E-state index contributed by atoms with van der Waals surface area (Å²) in [7, 11) is 1.64. The first-order chi connectivity index (χ1) is 8.80. The molecule has 1 heterocycles. The molecule has 0 aliphatic heterocycles. The van der Waals surface area contributed by atoms with Crippen LogP contribution in [0.4, 0.5) is 0 Å². The van der Waals surface area contributed by atoms with Crippen molar-refractivity contribution in [2.75, 3.05) is 13.7 Å². The maximum absolute atomic E-state index is 5.47. The molecule has 0 amide bonds. The highest BCUT2D eigenvalue weighted by Crippen LogP contribution is 2.35. The van der Waals surface area contributed by atoms with Crippen LogP contribution in [0.5, 0.6) is 11.6 Å². The first-order valence-corrected chi connectivity index (χ1v) is 6.74. The molecule has 2 aromatic rings. The SMILES string of the molecule is CCOc1noc(CBr)c1-c1ccc(OC)cc1. The second-order valence-corrected chi connectivity index (χ2v) is 4.14. The maximum atomic E-state index is 5.47. The number of methoxy groups -OCH3 is 1. The molecule has 0 spiro atoms. The summed E-state index contributed by atoms with van der Waals surface area (Å²) in [5.74, 6) is 2.09. The normalized spacial score (nSPS) is 10.4. The molecule has 1 aromatic heterocycles. The van der Waals surface area contributed by atoms with E-state index in [1.165, 1.54) is 0 Å². The third-order valence-electron chi connectivity index (χ3n) is 2.51. The number of alkyl halides is 1. The van der Waals surface area contributed by atoms with Crippen LogP contribution < -0.4 is 9.47 Å². The van der Waals surface area contributed by atoms with Crippen LogP contribution in [0.3, 0.4) is 0 Å². The van der Waals surface area contributed by atoms with Crippen molar-refractivity contribution < 1.29 is 14.0 Å². The lowest BCUT2D eigenvalue weighted by atomic mass is 10.1. The number of ether oxygens (including phenoxy) is 2. The van der Waals surface area contributed by atoms with Crippen LogP contribution in [-0.2, 0) is 5.33 Å². The second-order valence-electron chi connectivity index (χ2n) is 3.58. The van der Waals surface area contributed by atoms with E-state index in [4.69, 9.17) is 14.0 Å². The molecule has 4 nitrogen and oxygen atoms in total. The zero-order chi connectivity index (χ0) is 13.0. The third-order valence-corrected chi connectivity index (χ3v) is 3.02. The minimum atomic E-state index is 0.525. The van der Waals surface area contributed by atoms with Crippen LogP contribution in [0, 0.1) is 0 Å². The third kappa shape index (κ3) is 2.51. The average Bonchev–Trinajstić information content (AvgIpc) is 2.82. The summed E-state index contributed by atoms with van der Waals surface area (Å²) in [6.07, 6.45) is 0. The summed E-state index contributed by atoms with van der Waals surface area (Å²) in [5, 5.41) is 4.53. The van der Waals surface area contributed by atoms with Crippen LogP contribution >= 0.6 is 15.9 Å². The fraction of sp³-hybridized carbons (Fsp3) is 0.308. The van der Waals surface area contributed by atoms with Gasteiger partial charge in [-0.15, -0.1) is 0 Å². The summed E-state index contributed by atoms with van der Waals surface area (Å²) < 4.78 is 15.9. The quantitative estimate of drug-likeness (QED) is 0.791. The van der Waals surface area contributed by atoms with Crippen molar-refractivity contribution in [3.05, 3.63) is 30.0 Å². The van der Waals surface area contributed by atoms with Crippen LogP contribution in [0.15, 0.2) is 28.8 Å². The van der Waals surface area contributed by atoms with Gasteiger partial charge in [0.25, 0.3) is 5.88 Å². The van der Waals surface area contributed by atoms with Gasteiger partial charge < -0.3 is 14.0 Å². The van der Waals surface area contributed by atoms with Gasteiger partial charge in [-0.3, -0.25) is 0 Å². The predicted octanol–water partition coefficient (Wildman–Crippen LogP) is 3.64. The number of nitrogens with zero attached hydrogens (tertiary/aromatic N) is 1. The van der Waals surface area contributed by atoms with Crippen molar-refractivity contribution in [1.29, 1.82) is 0 Å². The Hall–Kier alpha value is -1.49. The molecule has 0 aliphatic carbocycles. The van der Waals surface area contributed by atoms with Gasteiger partial charge in [-0.1, -0.05) is 28.1 Å². The van der Waals surface area contributed by atoms with Crippen molar-refractivity contribution >= 4 is 15.9 Å². The first kappa shape index (κ1) is 13.0. The Morgan fingerprint density at radius 1 is 1.28 bits per heavy atom. The molecule has 0 aliphatic rings. The number of hydrogen-bond donors (Lipinski definition) is 0. The lowest BCUT2D eigenvalue weighted by Crippen LogP contribution is -1.94. The Kier molecular flexibility index (Phi) is 4.25. The van der Waals surface area contributed by atoms with E-state index in [2.05, 4.69) is 21.1 Å². The van der Waals surface area contributed by atoms with Crippen molar-refractivity contribution in [2.45, 2.75) is 12.3 Å². The second kappa shape index (κ2) is 5.91. The van der Waals surface area contributed by atoms with E-state index in [0.29, 0.717) is 17.8 Å². The van der Waals surface area contributed by atoms with Crippen molar-refractivity contribution in [3.8, 4) is 22.8 Å². The fourth-order valence-electron chi connectivity index (χ4n) is 1.68. The molecule has 2 rings (SSSR count). The van der Waals surface area contributed by atoms with E-state index in [1.807, 2.05) is 31.2 Å². The first-order valence-electron chi connectivity index (χ1n) is 5.61. The molecule has 0 saturated heterocycles. The van der Waals surface area contributed by atoms with Gasteiger partial charge in [0.05, 0.1) is 24.6 Å². The summed E-state index contributed by atoms with van der Waals surface area (Å²) in [4.78, 5) is 0. The number of benzene rings is 1. The van der Waals surface area contributed by atoms with Crippen LogP contribution in [0.2, 0.25) is 0 Å². The Labute approximate surface area is 114 Å². The molecule has 0 saturated carbocycles. The van der Waals surface area contributed by atoms with E-state index in [1.54, 1.807) is 7.11 Å². The van der Waals surface area contributed by atoms with Crippen molar-refractivity contribution in [2.24, 2.45) is 0 Å². The van der Waals surface area contributed by atoms with Gasteiger partial charge in [-0.25, -0.2) is 0 Å². The van der Waals surface area contributed by atoms with E-state index >= 15 is 0 Å². The summed E-state index contributed by atoms with van der Waals surface area (Å²) >= 11 is 3.38. The van der Waals surface area contributed by atoms with E-state index in [9.17, 15) is 0 Å². The van der Waals surface area contributed by atoms with Gasteiger partial charge in [0.2, 0.25) is 0 Å². The lowest BCUT2D eigenvalue weighted by molar-refractivity contribution is 0.291. The smallest absolute Gasteiger partial charge is 0.262 e. The van der Waals surface area contributed by atoms with Crippen molar-refractivity contribution in [3.63, 3.8) is 0 Å². The summed E-state index contributed by atoms with van der Waals surface area (Å²) in [5.41, 5.74) is 1.88. The number of halogens is 1. The minimum absolute atomic E-state index is 0.525. The lowest BCUT2D eigenvalue weighted by Gasteiger charge is -2.05. The summed E-state index contributed by atoms with van der Waals surface area (Å²) in [6.45, 7) is 2.47. The number of hydrogen-bond acceptors (Lipinski definition) is 4. The fourth-order valence-corrected chi connectivity index (χ4v) is 2.06. The molecule has 0 unspecified atom stereocenters. The summed E-state index contributed by atoms with van der Waals surface area (Å²) in [6, 6.07) is 7.71. The Morgan fingerprint density at radius 2 is 2.00 bits per heavy atom. The van der Waals surface area contributed by atoms with E-state index in [0.717, 1.165) is 22.6 Å². The van der Waals surface area contributed by atoms with Crippen molar-refractivity contribution in [1.82, 2.24) is 5.16 Å². The molecular formula is C13H14BrNO3. The molecule has 5 heteroatoms. The highest BCUT2D eigenvalue weighted by molar-refractivity contribution is 9.08. The number of rotatable bonds is 5. The van der Waals surface area contributed by atoms with Gasteiger partial charge in [-0.05, 0) is 29.8 Å². The molecule has 96 valence electrons. The monoisotopic (exact) mass is 311 g/mol. The van der Waals surface area contributed by atoms with E-state index < -0.39 is 0 Å². The minimum Gasteiger partial charge on any atom is -0.497 e. The van der Waals surface area contributed by atoms with E-state index in [-0.39, 0.29) is 0 Å². The molecule has 0 fully saturated rings. The average molecular weight is 312 g/mol. The highest BCUT2D eigenvalue weighted by atomic mass is 79.9. The van der Waals surface area contributed by atoms with Crippen LogP contribution in [-0.4, -0.2) is 18.9 Å². The Bertz CT molecular complexity index is 507. The zero-order valence-electron chi connectivity index (χ0n) is 10.3. The van der Waals surface area contributed by atoms with Gasteiger partial charge in [-0.2, -0.15) is 0 Å². The highest BCUT2D eigenvalue weighted by Gasteiger charge is 2.18. The van der Waals surface area contributed by atoms with Crippen LogP contribution in [0.25, 0.3) is 11.1 Å². The molecule has 0 atom stereocenters. The molecule has 0 bridgehead atoms. The van der Waals surface area contributed by atoms with Gasteiger partial charge in [0, 0.05) is 0 Å². The Balaban J connectivity index is 2.43. The van der Waals surface area contributed by atoms with Gasteiger partial charge >= 0.3 is 0 Å². The van der Waals surface area contributed by atoms with Gasteiger partial charge in [0.1, 0.15) is 5.75 Å². The molecule has 1 aromatic carbocycles. The predicted molar refractivity (Wildman–Crippen MR) is 72.3 cm³/mol. The van der Waals surface area contributed by atoms with Gasteiger partial charge in [0.15, 0.2) is 5.76 Å². The topological polar surface area (TPSA) is 44.5 Å². The zero-order valence-corrected chi connectivity index (χ0v) is 11.9. The number of aromatic nitrogens is 1. The molecule has 0 radical (unpaired) electrons. The Morgan fingerprint density at radius 3 is 2.56 bits per heavy atom. The molecule has 0 N–H and O–H groups in total. The van der Waals surface area contributed by atoms with Crippen LogP contribution in [0.1, 0.15) is 12.7 Å². The molecular weight excluding hydrogens is 298 g/mol. The maximum Gasteiger partial charge on any atom is 0.262 e.